The van der Waals surface area contributed by atoms with Crippen molar-refractivity contribution in [3.8, 4) is 6.07 Å². The van der Waals surface area contributed by atoms with E-state index in [2.05, 4.69) is 6.58 Å². The van der Waals surface area contributed by atoms with Gasteiger partial charge in [0.05, 0.1) is 19.5 Å². The van der Waals surface area contributed by atoms with Gasteiger partial charge >= 0.3 is 5.97 Å². The van der Waals surface area contributed by atoms with E-state index in [1.165, 1.54) is 6.26 Å². The number of nitriles is 1. The average molecular weight is 363 g/mol. The van der Waals surface area contributed by atoms with E-state index in [-0.39, 0.29) is 18.8 Å². The SMILES string of the molecule is C=COCCOCCOC(=O)C(C#N)=C(c1ccccc1)c1ccccc1. The summed E-state index contributed by atoms with van der Waals surface area (Å²) in [6.07, 6.45) is 1.34. The van der Waals surface area contributed by atoms with Gasteiger partial charge in [0, 0.05) is 5.57 Å². The fourth-order valence-electron chi connectivity index (χ4n) is 2.43. The number of rotatable bonds is 10. The van der Waals surface area contributed by atoms with Crippen molar-refractivity contribution < 1.29 is 19.0 Å². The first kappa shape index (κ1) is 20.0. The highest BCUT2D eigenvalue weighted by atomic mass is 16.6. The number of hydrogen-bond donors (Lipinski definition) is 0. The standard InChI is InChI=1S/C22H21NO4/c1-2-25-13-14-26-15-16-27-22(24)20(17-23)21(18-9-5-3-6-10-18)19-11-7-4-8-12-19/h2-12H,1,13-16H2. The molecule has 27 heavy (non-hydrogen) atoms. The van der Waals surface area contributed by atoms with Gasteiger partial charge in [-0.15, -0.1) is 0 Å². The largest absolute Gasteiger partial charge is 0.499 e. The topological polar surface area (TPSA) is 68.6 Å². The van der Waals surface area contributed by atoms with Crippen molar-refractivity contribution in [1.82, 2.24) is 0 Å². The van der Waals surface area contributed by atoms with Crippen LogP contribution in [0.25, 0.3) is 5.57 Å². The summed E-state index contributed by atoms with van der Waals surface area (Å²) in [4.78, 5) is 12.5. The maximum Gasteiger partial charge on any atom is 0.349 e. The molecule has 2 rings (SSSR count). The summed E-state index contributed by atoms with van der Waals surface area (Å²) >= 11 is 0. The van der Waals surface area contributed by atoms with E-state index >= 15 is 0 Å². The molecule has 2 aromatic carbocycles. The summed E-state index contributed by atoms with van der Waals surface area (Å²) in [5.41, 5.74) is 2.05. The van der Waals surface area contributed by atoms with Crippen molar-refractivity contribution in [3.05, 3.63) is 90.2 Å². The molecule has 5 nitrogen and oxygen atoms in total. The van der Waals surface area contributed by atoms with Gasteiger partial charge in [-0.25, -0.2) is 4.79 Å². The Morgan fingerprint density at radius 1 is 0.926 bits per heavy atom. The second-order valence-corrected chi connectivity index (χ2v) is 5.38. The van der Waals surface area contributed by atoms with E-state index in [4.69, 9.17) is 14.2 Å². The molecule has 0 atom stereocenters. The maximum atomic E-state index is 12.5. The molecule has 0 amide bonds. The van der Waals surface area contributed by atoms with Gasteiger partial charge in [0.1, 0.15) is 24.9 Å². The molecule has 0 fully saturated rings. The summed E-state index contributed by atoms with van der Waals surface area (Å²) in [7, 11) is 0. The van der Waals surface area contributed by atoms with Crippen LogP contribution in [0.1, 0.15) is 11.1 Å². The molecular formula is C22H21NO4. The van der Waals surface area contributed by atoms with Gasteiger partial charge in [0.15, 0.2) is 0 Å². The van der Waals surface area contributed by atoms with Crippen molar-refractivity contribution >= 4 is 11.5 Å². The van der Waals surface area contributed by atoms with Crippen molar-refractivity contribution in [3.63, 3.8) is 0 Å². The summed E-state index contributed by atoms with van der Waals surface area (Å²) < 4.78 is 15.4. The summed E-state index contributed by atoms with van der Waals surface area (Å²) in [6, 6.07) is 20.6. The van der Waals surface area contributed by atoms with E-state index in [0.717, 1.165) is 11.1 Å². The first-order chi connectivity index (χ1) is 13.3. The molecule has 5 heteroatoms. The lowest BCUT2D eigenvalue weighted by Gasteiger charge is -2.12. The smallest absolute Gasteiger partial charge is 0.349 e. The zero-order valence-corrected chi connectivity index (χ0v) is 15.0. The van der Waals surface area contributed by atoms with Gasteiger partial charge in [-0.3, -0.25) is 0 Å². The third-order valence-electron chi connectivity index (χ3n) is 3.62. The number of carbonyl (C=O) groups excluding carboxylic acids is 1. The Morgan fingerprint density at radius 3 is 2.00 bits per heavy atom. The van der Waals surface area contributed by atoms with Crippen LogP contribution in [0.2, 0.25) is 0 Å². The number of hydrogen-bond acceptors (Lipinski definition) is 5. The van der Waals surface area contributed by atoms with Crippen LogP contribution in [0.5, 0.6) is 0 Å². The van der Waals surface area contributed by atoms with Crippen LogP contribution in [0, 0.1) is 11.3 Å². The first-order valence-corrected chi connectivity index (χ1v) is 8.50. The van der Waals surface area contributed by atoms with E-state index in [0.29, 0.717) is 18.8 Å². The second-order valence-electron chi connectivity index (χ2n) is 5.38. The Balaban J connectivity index is 2.15. The molecular weight excluding hydrogens is 342 g/mol. The van der Waals surface area contributed by atoms with Crippen LogP contribution in [0.4, 0.5) is 0 Å². The third kappa shape index (κ3) is 6.14. The van der Waals surface area contributed by atoms with Gasteiger partial charge in [0.25, 0.3) is 0 Å². The molecule has 0 aliphatic carbocycles. The monoisotopic (exact) mass is 363 g/mol. The quantitative estimate of drug-likeness (QED) is 0.211. The second kappa shape index (κ2) is 11.3. The van der Waals surface area contributed by atoms with Gasteiger partial charge < -0.3 is 14.2 Å². The highest BCUT2D eigenvalue weighted by Crippen LogP contribution is 2.27. The number of nitrogens with zero attached hydrogens (tertiary/aromatic N) is 1. The Kier molecular flexibility index (Phi) is 8.35. The van der Waals surface area contributed by atoms with Crippen molar-refractivity contribution in [2.75, 3.05) is 26.4 Å². The lowest BCUT2D eigenvalue weighted by atomic mass is 9.93. The average Bonchev–Trinajstić information content (AvgIpc) is 2.72. The Labute approximate surface area is 159 Å². The van der Waals surface area contributed by atoms with Crippen LogP contribution < -0.4 is 0 Å². The minimum Gasteiger partial charge on any atom is -0.499 e. The Hall–Kier alpha value is -3.36. The third-order valence-corrected chi connectivity index (χ3v) is 3.62. The minimum atomic E-state index is -0.675. The van der Waals surface area contributed by atoms with Crippen molar-refractivity contribution in [2.24, 2.45) is 0 Å². The van der Waals surface area contributed by atoms with E-state index in [9.17, 15) is 10.1 Å². The van der Waals surface area contributed by atoms with Crippen LogP contribution in [-0.4, -0.2) is 32.4 Å². The zero-order valence-electron chi connectivity index (χ0n) is 15.0. The van der Waals surface area contributed by atoms with E-state index in [1.54, 1.807) is 0 Å². The molecule has 0 aliphatic heterocycles. The van der Waals surface area contributed by atoms with Crippen LogP contribution in [0.15, 0.2) is 79.1 Å². The normalized spacial score (nSPS) is 9.74. The molecule has 0 heterocycles. The molecule has 0 aromatic heterocycles. The van der Waals surface area contributed by atoms with E-state index in [1.807, 2.05) is 66.7 Å². The zero-order chi connectivity index (χ0) is 19.3. The predicted octanol–water partition coefficient (Wildman–Crippen LogP) is 3.73. The molecule has 138 valence electrons. The van der Waals surface area contributed by atoms with Crippen LogP contribution >= 0.6 is 0 Å². The fourth-order valence-corrected chi connectivity index (χ4v) is 2.43. The molecule has 2 aromatic rings. The fraction of sp³-hybridized carbons (Fsp3) is 0.182. The molecule has 0 spiro atoms. The van der Waals surface area contributed by atoms with Crippen molar-refractivity contribution in [1.29, 1.82) is 5.26 Å². The highest BCUT2D eigenvalue weighted by molar-refractivity contribution is 6.05. The molecule has 0 aliphatic rings. The summed E-state index contributed by atoms with van der Waals surface area (Å²) in [5, 5.41) is 9.62. The maximum absolute atomic E-state index is 12.5. The predicted molar refractivity (Wildman–Crippen MR) is 102 cm³/mol. The molecule has 0 N–H and O–H groups in total. The van der Waals surface area contributed by atoms with Gasteiger partial charge in [-0.1, -0.05) is 67.2 Å². The van der Waals surface area contributed by atoms with Gasteiger partial charge in [0.2, 0.25) is 0 Å². The van der Waals surface area contributed by atoms with Crippen LogP contribution in [-0.2, 0) is 19.0 Å². The minimum absolute atomic E-state index is 0.0395. The summed E-state index contributed by atoms with van der Waals surface area (Å²) in [5.74, 6) is -0.675. The number of ether oxygens (including phenoxy) is 3. The highest BCUT2D eigenvalue weighted by Gasteiger charge is 2.19. The number of esters is 1. The molecule has 0 saturated carbocycles. The van der Waals surface area contributed by atoms with E-state index < -0.39 is 5.97 Å². The number of carbonyl (C=O) groups is 1. The van der Waals surface area contributed by atoms with Gasteiger partial charge in [-0.2, -0.15) is 5.26 Å². The molecule has 0 saturated heterocycles. The van der Waals surface area contributed by atoms with Crippen molar-refractivity contribution in [2.45, 2.75) is 0 Å². The summed E-state index contributed by atoms with van der Waals surface area (Å²) in [6.45, 7) is 4.45. The van der Waals surface area contributed by atoms with Gasteiger partial charge in [-0.05, 0) is 11.1 Å². The molecule has 0 radical (unpaired) electrons. The lowest BCUT2D eigenvalue weighted by Crippen LogP contribution is -2.14. The molecule has 0 unspecified atom stereocenters. The van der Waals surface area contributed by atoms with Crippen LogP contribution in [0.3, 0.4) is 0 Å². The number of benzene rings is 2. The Morgan fingerprint density at radius 2 is 1.48 bits per heavy atom. The molecule has 0 bridgehead atoms. The first-order valence-electron chi connectivity index (χ1n) is 8.50. The lowest BCUT2D eigenvalue weighted by molar-refractivity contribution is -0.140. The Bertz CT molecular complexity index is 766.